The molecule has 1 N–H and O–H groups in total. The van der Waals surface area contributed by atoms with E-state index in [1.165, 1.54) is 11.1 Å². The summed E-state index contributed by atoms with van der Waals surface area (Å²) < 4.78 is 5.63. The molecule has 1 aromatic heterocycles. The Morgan fingerprint density at radius 3 is 2.40 bits per heavy atom. The first-order valence-corrected chi connectivity index (χ1v) is 7.47. The summed E-state index contributed by atoms with van der Waals surface area (Å²) in [5.41, 5.74) is 2.66. The molecular formula is C18H25NO. The van der Waals surface area contributed by atoms with Crippen LogP contribution >= 0.6 is 0 Å². The van der Waals surface area contributed by atoms with Crippen LogP contribution in [0.15, 0.2) is 40.8 Å². The van der Waals surface area contributed by atoms with Crippen molar-refractivity contribution in [1.82, 2.24) is 5.32 Å². The van der Waals surface area contributed by atoms with Gasteiger partial charge in [-0.1, -0.05) is 37.3 Å². The lowest BCUT2D eigenvalue weighted by molar-refractivity contribution is 0.431. The van der Waals surface area contributed by atoms with Crippen molar-refractivity contribution < 1.29 is 4.42 Å². The van der Waals surface area contributed by atoms with Crippen LogP contribution in [-0.4, -0.2) is 6.04 Å². The van der Waals surface area contributed by atoms with E-state index in [4.69, 9.17) is 4.42 Å². The molecule has 2 nitrogen and oxygen atoms in total. The van der Waals surface area contributed by atoms with Gasteiger partial charge in [-0.2, -0.15) is 0 Å². The van der Waals surface area contributed by atoms with Crippen molar-refractivity contribution in [2.75, 3.05) is 0 Å². The van der Waals surface area contributed by atoms with Gasteiger partial charge in [-0.05, 0) is 45.2 Å². The fraction of sp³-hybridized carbons (Fsp3) is 0.444. The molecule has 20 heavy (non-hydrogen) atoms. The Balaban J connectivity index is 2.01. The fourth-order valence-electron chi connectivity index (χ4n) is 2.74. The number of aryl methyl sites for hydroxylation is 2. The number of benzene rings is 1. The summed E-state index contributed by atoms with van der Waals surface area (Å²) in [6.07, 6.45) is 2.19. The highest BCUT2D eigenvalue weighted by Crippen LogP contribution is 2.22. The molecule has 2 atom stereocenters. The van der Waals surface area contributed by atoms with Gasteiger partial charge in [0, 0.05) is 17.6 Å². The van der Waals surface area contributed by atoms with Crippen molar-refractivity contribution in [3.63, 3.8) is 0 Å². The maximum Gasteiger partial charge on any atom is 0.105 e. The van der Waals surface area contributed by atoms with Crippen LogP contribution in [0.2, 0.25) is 0 Å². The molecule has 0 aliphatic rings. The number of nitrogens with one attached hydrogen (secondary N) is 1. The van der Waals surface area contributed by atoms with Crippen molar-refractivity contribution >= 4 is 0 Å². The normalized spacial score (nSPS) is 14.2. The van der Waals surface area contributed by atoms with E-state index in [0.29, 0.717) is 12.1 Å². The minimum atomic E-state index is 0.320. The summed E-state index contributed by atoms with van der Waals surface area (Å²) in [5.74, 6) is 2.01. The summed E-state index contributed by atoms with van der Waals surface area (Å²) in [6, 6.07) is 13.6. The third kappa shape index (κ3) is 3.73. The Kier molecular flexibility index (Phi) is 5.02. The third-order valence-electron chi connectivity index (χ3n) is 3.85. The lowest BCUT2D eigenvalue weighted by atomic mass is 10.0. The van der Waals surface area contributed by atoms with Crippen LogP contribution in [0.1, 0.15) is 49.0 Å². The van der Waals surface area contributed by atoms with E-state index in [1.54, 1.807) is 0 Å². The number of hydrogen-bond donors (Lipinski definition) is 1. The molecule has 0 saturated carbocycles. The smallest absolute Gasteiger partial charge is 0.105 e. The van der Waals surface area contributed by atoms with Crippen LogP contribution in [0.5, 0.6) is 0 Å². The van der Waals surface area contributed by atoms with Gasteiger partial charge < -0.3 is 9.73 Å². The van der Waals surface area contributed by atoms with Gasteiger partial charge in [0.05, 0.1) is 0 Å². The molecular weight excluding hydrogens is 246 g/mol. The van der Waals surface area contributed by atoms with Crippen molar-refractivity contribution in [2.24, 2.45) is 0 Å². The van der Waals surface area contributed by atoms with E-state index in [-0.39, 0.29) is 0 Å². The first-order chi connectivity index (χ1) is 9.60. The minimum Gasteiger partial charge on any atom is -0.466 e. The molecule has 1 aromatic carbocycles. The molecule has 2 aromatic rings. The van der Waals surface area contributed by atoms with E-state index in [1.807, 2.05) is 13.8 Å². The Hall–Kier alpha value is -1.54. The van der Waals surface area contributed by atoms with Gasteiger partial charge in [0.1, 0.15) is 11.5 Å². The topological polar surface area (TPSA) is 25.2 Å². The molecule has 2 heteroatoms. The molecule has 2 rings (SSSR count). The second-order valence-corrected chi connectivity index (χ2v) is 5.55. The molecule has 0 saturated heterocycles. The summed E-state index contributed by atoms with van der Waals surface area (Å²) in [5, 5.41) is 3.73. The van der Waals surface area contributed by atoms with Gasteiger partial charge in [0.2, 0.25) is 0 Å². The van der Waals surface area contributed by atoms with Crippen molar-refractivity contribution in [3.8, 4) is 0 Å². The molecule has 1 heterocycles. The molecule has 108 valence electrons. The summed E-state index contributed by atoms with van der Waals surface area (Å²) in [7, 11) is 0. The Bertz CT molecular complexity index is 530. The van der Waals surface area contributed by atoms with Crippen LogP contribution in [0.4, 0.5) is 0 Å². The highest BCUT2D eigenvalue weighted by molar-refractivity contribution is 5.24. The van der Waals surface area contributed by atoms with Crippen molar-refractivity contribution in [3.05, 3.63) is 59.0 Å². The maximum atomic E-state index is 5.63. The Labute approximate surface area is 122 Å². The lowest BCUT2D eigenvalue weighted by Gasteiger charge is -2.22. The summed E-state index contributed by atoms with van der Waals surface area (Å²) in [6.45, 7) is 8.49. The molecule has 0 amide bonds. The van der Waals surface area contributed by atoms with Crippen molar-refractivity contribution in [2.45, 2.75) is 52.6 Å². The molecule has 2 unspecified atom stereocenters. The van der Waals surface area contributed by atoms with E-state index in [2.05, 4.69) is 55.6 Å². The van der Waals surface area contributed by atoms with Crippen molar-refractivity contribution in [1.29, 1.82) is 0 Å². The molecule has 0 fully saturated rings. The number of furan rings is 1. The minimum absolute atomic E-state index is 0.320. The van der Waals surface area contributed by atoms with E-state index in [9.17, 15) is 0 Å². The van der Waals surface area contributed by atoms with E-state index in [0.717, 1.165) is 24.4 Å². The van der Waals surface area contributed by atoms with Crippen LogP contribution in [0, 0.1) is 13.8 Å². The van der Waals surface area contributed by atoms with Gasteiger partial charge >= 0.3 is 0 Å². The average molecular weight is 271 g/mol. The van der Waals surface area contributed by atoms with Crippen LogP contribution in [-0.2, 0) is 6.42 Å². The highest BCUT2D eigenvalue weighted by Gasteiger charge is 2.16. The quantitative estimate of drug-likeness (QED) is 0.832. The predicted octanol–water partition coefficient (Wildman–Crippen LogP) is 4.57. The standard InChI is InChI=1S/C18H25NO/c1-5-17(12-16-9-7-6-8-10-16)19-14(3)18-11-13(2)20-15(18)4/h6-11,14,17,19H,5,12H2,1-4H3. The zero-order chi connectivity index (χ0) is 14.5. The van der Waals surface area contributed by atoms with Crippen LogP contribution in [0.25, 0.3) is 0 Å². The molecule has 0 spiro atoms. The highest BCUT2D eigenvalue weighted by atomic mass is 16.3. The monoisotopic (exact) mass is 271 g/mol. The zero-order valence-corrected chi connectivity index (χ0v) is 12.9. The largest absolute Gasteiger partial charge is 0.466 e. The Morgan fingerprint density at radius 1 is 1.15 bits per heavy atom. The van der Waals surface area contributed by atoms with Gasteiger partial charge in [-0.3, -0.25) is 0 Å². The van der Waals surface area contributed by atoms with E-state index < -0.39 is 0 Å². The SMILES string of the molecule is CCC(Cc1ccccc1)NC(C)c1cc(C)oc1C. The van der Waals surface area contributed by atoms with Crippen LogP contribution < -0.4 is 5.32 Å². The predicted molar refractivity (Wildman–Crippen MR) is 84.0 cm³/mol. The second-order valence-electron chi connectivity index (χ2n) is 5.55. The zero-order valence-electron chi connectivity index (χ0n) is 12.9. The number of rotatable bonds is 6. The molecule has 0 aliphatic heterocycles. The average Bonchev–Trinajstić information content (AvgIpc) is 2.78. The molecule has 0 radical (unpaired) electrons. The van der Waals surface area contributed by atoms with Crippen LogP contribution in [0.3, 0.4) is 0 Å². The second kappa shape index (κ2) is 6.76. The summed E-state index contributed by atoms with van der Waals surface area (Å²) in [4.78, 5) is 0. The fourth-order valence-corrected chi connectivity index (χ4v) is 2.74. The van der Waals surface area contributed by atoms with Gasteiger partial charge in [0.15, 0.2) is 0 Å². The summed E-state index contributed by atoms with van der Waals surface area (Å²) >= 11 is 0. The molecule has 0 bridgehead atoms. The number of hydrogen-bond acceptors (Lipinski definition) is 2. The van der Waals surface area contributed by atoms with E-state index >= 15 is 0 Å². The first-order valence-electron chi connectivity index (χ1n) is 7.47. The maximum absolute atomic E-state index is 5.63. The first kappa shape index (κ1) is 14.9. The molecule has 0 aliphatic carbocycles. The lowest BCUT2D eigenvalue weighted by Crippen LogP contribution is -2.33. The Morgan fingerprint density at radius 2 is 1.85 bits per heavy atom. The van der Waals surface area contributed by atoms with Gasteiger partial charge in [0.25, 0.3) is 0 Å². The third-order valence-corrected chi connectivity index (χ3v) is 3.85. The van der Waals surface area contributed by atoms with Gasteiger partial charge in [-0.15, -0.1) is 0 Å². The van der Waals surface area contributed by atoms with Gasteiger partial charge in [-0.25, -0.2) is 0 Å².